The number of aromatic amines is 1. The summed E-state index contributed by atoms with van der Waals surface area (Å²) >= 11 is 0. The molecule has 2 rings (SSSR count). The Balaban J connectivity index is 2.09. The zero-order valence-electron chi connectivity index (χ0n) is 14.7. The first kappa shape index (κ1) is 19.0. The van der Waals surface area contributed by atoms with E-state index in [4.69, 9.17) is 0 Å². The molecule has 0 spiro atoms. The smallest absolute Gasteiger partial charge is 0.350 e. The molecule has 136 valence electrons. The number of nitrogens with zero attached hydrogens (tertiary/aromatic N) is 1. The number of H-pyrrole nitrogens is 1. The molecule has 0 atom stereocenters. The van der Waals surface area contributed by atoms with Gasteiger partial charge in [0.2, 0.25) is 0 Å². The van der Waals surface area contributed by atoms with Crippen LogP contribution in [-0.2, 0) is 11.6 Å². The van der Waals surface area contributed by atoms with E-state index < -0.39 is 17.2 Å². The normalized spacial score (nSPS) is 12.5. The van der Waals surface area contributed by atoms with E-state index in [0.29, 0.717) is 5.56 Å². The van der Waals surface area contributed by atoms with Crippen molar-refractivity contribution < 1.29 is 18.0 Å². The van der Waals surface area contributed by atoms with Crippen LogP contribution in [0.25, 0.3) is 0 Å². The Kier molecular flexibility index (Phi) is 5.25. The number of carbonyl (C=O) groups excluding carboxylic acids is 1. The molecule has 1 amide bonds. The van der Waals surface area contributed by atoms with Crippen molar-refractivity contribution in [2.75, 3.05) is 6.54 Å². The predicted octanol–water partition coefficient (Wildman–Crippen LogP) is 4.26. The van der Waals surface area contributed by atoms with Gasteiger partial charge in [-0.05, 0) is 23.6 Å². The van der Waals surface area contributed by atoms with Gasteiger partial charge in [-0.15, -0.1) is 0 Å². The molecule has 0 saturated heterocycles. The zero-order valence-corrected chi connectivity index (χ0v) is 14.7. The van der Waals surface area contributed by atoms with E-state index in [9.17, 15) is 18.0 Å². The number of nitrogens with one attached hydrogen (secondary N) is 2. The van der Waals surface area contributed by atoms with Crippen molar-refractivity contribution in [2.24, 2.45) is 0 Å². The molecular weight excluding hydrogens is 331 g/mol. The van der Waals surface area contributed by atoms with E-state index in [1.165, 1.54) is 6.07 Å². The number of alkyl halides is 3. The first-order chi connectivity index (χ1) is 11.5. The maximum absolute atomic E-state index is 12.9. The summed E-state index contributed by atoms with van der Waals surface area (Å²) in [5, 5.41) is 9.52. The van der Waals surface area contributed by atoms with Crippen molar-refractivity contribution in [2.45, 2.75) is 45.2 Å². The van der Waals surface area contributed by atoms with Crippen LogP contribution in [0.1, 0.15) is 60.9 Å². The van der Waals surface area contributed by atoms with E-state index in [-0.39, 0.29) is 24.1 Å². The van der Waals surface area contributed by atoms with Gasteiger partial charge >= 0.3 is 6.18 Å². The topological polar surface area (TPSA) is 57.8 Å². The van der Waals surface area contributed by atoms with Crippen LogP contribution in [0, 0.1) is 0 Å². The maximum atomic E-state index is 12.9. The summed E-state index contributed by atoms with van der Waals surface area (Å²) < 4.78 is 38.6. The quantitative estimate of drug-likeness (QED) is 0.844. The second-order valence-electron chi connectivity index (χ2n) is 7.01. The van der Waals surface area contributed by atoms with Gasteiger partial charge in [0.25, 0.3) is 5.91 Å². The third-order valence-electron chi connectivity index (χ3n) is 4.11. The first-order valence-electron chi connectivity index (χ1n) is 8.02. The van der Waals surface area contributed by atoms with Crippen LogP contribution in [0.3, 0.4) is 0 Å². The SMILES string of the molecule is CC(C)c1cc(C(=O)NCC(C)(C)c2cccc(C(F)(F)F)c2)n[nH]1. The molecule has 0 aliphatic rings. The minimum Gasteiger partial charge on any atom is -0.350 e. The van der Waals surface area contributed by atoms with Gasteiger partial charge in [0.05, 0.1) is 5.56 Å². The highest BCUT2D eigenvalue weighted by Crippen LogP contribution is 2.32. The summed E-state index contributed by atoms with van der Waals surface area (Å²) in [5.74, 6) is -0.140. The second-order valence-corrected chi connectivity index (χ2v) is 7.01. The van der Waals surface area contributed by atoms with E-state index in [0.717, 1.165) is 17.8 Å². The van der Waals surface area contributed by atoms with Crippen molar-refractivity contribution in [1.29, 1.82) is 0 Å². The number of hydrogen-bond acceptors (Lipinski definition) is 2. The van der Waals surface area contributed by atoms with Crippen molar-refractivity contribution in [1.82, 2.24) is 15.5 Å². The van der Waals surface area contributed by atoms with E-state index in [1.807, 2.05) is 13.8 Å². The van der Waals surface area contributed by atoms with Crippen molar-refractivity contribution >= 4 is 5.91 Å². The lowest BCUT2D eigenvalue weighted by Gasteiger charge is -2.26. The van der Waals surface area contributed by atoms with E-state index in [1.54, 1.807) is 26.0 Å². The van der Waals surface area contributed by atoms with Gasteiger partial charge in [-0.1, -0.05) is 45.9 Å². The maximum Gasteiger partial charge on any atom is 0.416 e. The summed E-state index contributed by atoms with van der Waals surface area (Å²) in [6.45, 7) is 7.72. The van der Waals surface area contributed by atoms with Gasteiger partial charge in [-0.2, -0.15) is 18.3 Å². The largest absolute Gasteiger partial charge is 0.416 e. The van der Waals surface area contributed by atoms with Gasteiger partial charge in [-0.3, -0.25) is 9.89 Å². The minimum absolute atomic E-state index is 0.191. The van der Waals surface area contributed by atoms with Crippen LogP contribution >= 0.6 is 0 Å². The van der Waals surface area contributed by atoms with Gasteiger partial charge in [0, 0.05) is 17.7 Å². The average molecular weight is 353 g/mol. The second kappa shape index (κ2) is 6.90. The molecule has 2 aromatic rings. The lowest BCUT2D eigenvalue weighted by atomic mass is 9.83. The Morgan fingerprint density at radius 3 is 2.40 bits per heavy atom. The lowest BCUT2D eigenvalue weighted by Crippen LogP contribution is -2.37. The van der Waals surface area contributed by atoms with Gasteiger partial charge in [0.15, 0.2) is 0 Å². The monoisotopic (exact) mass is 353 g/mol. The van der Waals surface area contributed by atoms with Crippen LogP contribution in [0.4, 0.5) is 13.2 Å². The third kappa shape index (κ3) is 4.61. The Morgan fingerprint density at radius 1 is 1.20 bits per heavy atom. The molecule has 0 radical (unpaired) electrons. The molecule has 0 fully saturated rings. The molecule has 2 N–H and O–H groups in total. The predicted molar refractivity (Wildman–Crippen MR) is 89.5 cm³/mol. The number of amides is 1. The Bertz CT molecular complexity index is 748. The molecule has 1 heterocycles. The number of aromatic nitrogens is 2. The van der Waals surface area contributed by atoms with Gasteiger partial charge < -0.3 is 5.32 Å². The minimum atomic E-state index is -4.39. The third-order valence-corrected chi connectivity index (χ3v) is 4.11. The fraction of sp³-hybridized carbons (Fsp3) is 0.444. The highest BCUT2D eigenvalue weighted by atomic mass is 19.4. The summed E-state index contributed by atoms with van der Waals surface area (Å²) in [4.78, 5) is 12.2. The van der Waals surface area contributed by atoms with Crippen LogP contribution < -0.4 is 5.32 Å². The lowest BCUT2D eigenvalue weighted by molar-refractivity contribution is -0.137. The number of benzene rings is 1. The zero-order chi connectivity index (χ0) is 18.8. The molecule has 1 aromatic heterocycles. The number of hydrogen-bond donors (Lipinski definition) is 2. The molecule has 4 nitrogen and oxygen atoms in total. The summed E-state index contributed by atoms with van der Waals surface area (Å²) in [5.41, 5.74) is 0.269. The molecule has 0 unspecified atom stereocenters. The van der Waals surface area contributed by atoms with E-state index in [2.05, 4.69) is 15.5 Å². The summed E-state index contributed by atoms with van der Waals surface area (Å²) in [6, 6.07) is 6.85. The molecule has 0 saturated carbocycles. The molecule has 0 aliphatic heterocycles. The Labute approximate surface area is 144 Å². The molecule has 0 bridgehead atoms. The summed E-state index contributed by atoms with van der Waals surface area (Å²) in [6.07, 6.45) is -4.39. The number of carbonyl (C=O) groups is 1. The highest BCUT2D eigenvalue weighted by Gasteiger charge is 2.32. The molecular formula is C18H22F3N3O. The molecule has 1 aromatic carbocycles. The van der Waals surface area contributed by atoms with Crippen molar-refractivity contribution in [3.63, 3.8) is 0 Å². The average Bonchev–Trinajstić information content (AvgIpc) is 3.02. The molecule has 0 aliphatic carbocycles. The van der Waals surface area contributed by atoms with Crippen molar-refractivity contribution in [3.05, 3.63) is 52.8 Å². The van der Waals surface area contributed by atoms with E-state index >= 15 is 0 Å². The Morgan fingerprint density at radius 2 is 1.84 bits per heavy atom. The van der Waals surface area contributed by atoms with Crippen molar-refractivity contribution in [3.8, 4) is 0 Å². The standard InChI is InChI=1S/C18H22F3N3O/c1-11(2)14-9-15(24-23-14)16(25)22-10-17(3,4)12-6-5-7-13(8-12)18(19,20)21/h5-9,11H,10H2,1-4H3,(H,22,25)(H,23,24). The van der Waals surface area contributed by atoms with Crippen LogP contribution in [0.5, 0.6) is 0 Å². The fourth-order valence-electron chi connectivity index (χ4n) is 2.36. The molecule has 25 heavy (non-hydrogen) atoms. The van der Waals surface area contributed by atoms with Gasteiger partial charge in [-0.25, -0.2) is 0 Å². The Hall–Kier alpha value is -2.31. The van der Waals surface area contributed by atoms with Gasteiger partial charge in [0.1, 0.15) is 5.69 Å². The number of halogens is 3. The highest BCUT2D eigenvalue weighted by molar-refractivity contribution is 5.92. The molecule has 7 heteroatoms. The summed E-state index contributed by atoms with van der Waals surface area (Å²) in [7, 11) is 0. The first-order valence-corrected chi connectivity index (χ1v) is 8.02. The van der Waals surface area contributed by atoms with Crippen LogP contribution in [-0.4, -0.2) is 22.6 Å². The van der Waals surface area contributed by atoms with Crippen LogP contribution in [0.15, 0.2) is 30.3 Å². The fourth-order valence-corrected chi connectivity index (χ4v) is 2.36. The number of rotatable bonds is 5. The van der Waals surface area contributed by atoms with Crippen LogP contribution in [0.2, 0.25) is 0 Å².